The average molecular weight is 394 g/mol. The molecule has 2 bridgehead atoms. The van der Waals surface area contributed by atoms with Gasteiger partial charge < -0.3 is 14.4 Å². The molecule has 6 rings (SSSR count). The van der Waals surface area contributed by atoms with Gasteiger partial charge in [0.15, 0.2) is 5.69 Å². The van der Waals surface area contributed by atoms with Crippen molar-refractivity contribution in [3.05, 3.63) is 47.9 Å². The van der Waals surface area contributed by atoms with Crippen LogP contribution in [-0.2, 0) is 4.74 Å². The number of hydrogen-bond donors (Lipinski definition) is 0. The SMILES string of the molecule is COC(=O)c1cc(N2CC(c3ccc(OC)cc3)C3C2C2CCN3CC2)ncn1. The standard InChI is InChI=1S/C22H26N4O3/c1-28-16-5-3-14(4-6-16)17-12-26(19-11-18(22(27)29-2)23-13-24-19)20-15-7-9-25(10-8-15)21(17)20/h3-6,11,13,15,17,20-21H,7-10,12H2,1-2H3. The molecule has 4 saturated heterocycles. The lowest BCUT2D eigenvalue weighted by Crippen LogP contribution is -2.60. The maximum absolute atomic E-state index is 12.0. The lowest BCUT2D eigenvalue weighted by atomic mass is 9.75. The summed E-state index contributed by atoms with van der Waals surface area (Å²) in [6, 6.07) is 11.1. The van der Waals surface area contributed by atoms with Crippen LogP contribution in [0.1, 0.15) is 34.8 Å². The second-order valence-electron chi connectivity index (χ2n) is 8.14. The van der Waals surface area contributed by atoms with Crippen LogP contribution in [0.5, 0.6) is 5.75 Å². The minimum Gasteiger partial charge on any atom is -0.497 e. The quantitative estimate of drug-likeness (QED) is 0.738. The number of nitrogens with zero attached hydrogens (tertiary/aromatic N) is 4. The van der Waals surface area contributed by atoms with Crippen LogP contribution in [0.2, 0.25) is 0 Å². The molecule has 29 heavy (non-hydrogen) atoms. The highest BCUT2D eigenvalue weighted by molar-refractivity contribution is 5.87. The third-order valence-corrected chi connectivity index (χ3v) is 6.88. The fourth-order valence-corrected chi connectivity index (χ4v) is 5.55. The molecule has 0 radical (unpaired) electrons. The number of piperidine rings is 3. The summed E-state index contributed by atoms with van der Waals surface area (Å²) in [6.07, 6.45) is 3.92. The van der Waals surface area contributed by atoms with E-state index in [2.05, 4.69) is 31.9 Å². The maximum atomic E-state index is 12.0. The first-order chi connectivity index (χ1) is 14.2. The molecule has 7 heteroatoms. The fourth-order valence-electron chi connectivity index (χ4n) is 5.55. The van der Waals surface area contributed by atoms with E-state index in [-0.39, 0.29) is 0 Å². The van der Waals surface area contributed by atoms with Crippen LogP contribution in [0, 0.1) is 5.92 Å². The van der Waals surface area contributed by atoms with Crippen molar-refractivity contribution in [2.75, 3.05) is 38.8 Å². The predicted molar refractivity (Wildman–Crippen MR) is 108 cm³/mol. The van der Waals surface area contributed by atoms with Gasteiger partial charge in [0, 0.05) is 30.6 Å². The van der Waals surface area contributed by atoms with Crippen molar-refractivity contribution in [1.82, 2.24) is 14.9 Å². The molecule has 5 heterocycles. The highest BCUT2D eigenvalue weighted by Crippen LogP contribution is 2.47. The van der Waals surface area contributed by atoms with Crippen LogP contribution in [0.4, 0.5) is 5.82 Å². The molecule has 0 aliphatic carbocycles. The Hall–Kier alpha value is -2.67. The Morgan fingerprint density at radius 2 is 1.83 bits per heavy atom. The number of rotatable bonds is 4. The Kier molecular flexibility index (Phi) is 4.62. The first-order valence-electron chi connectivity index (χ1n) is 10.2. The summed E-state index contributed by atoms with van der Waals surface area (Å²) in [7, 11) is 3.07. The molecule has 3 atom stereocenters. The topological polar surface area (TPSA) is 67.8 Å². The van der Waals surface area contributed by atoms with Crippen LogP contribution in [-0.4, -0.2) is 66.8 Å². The van der Waals surface area contributed by atoms with Gasteiger partial charge in [-0.15, -0.1) is 0 Å². The molecule has 0 amide bonds. The predicted octanol–water partition coefficient (Wildman–Crippen LogP) is 2.34. The Balaban J connectivity index is 1.52. The first-order valence-corrected chi connectivity index (χ1v) is 10.2. The maximum Gasteiger partial charge on any atom is 0.356 e. The Morgan fingerprint density at radius 3 is 2.52 bits per heavy atom. The summed E-state index contributed by atoms with van der Waals surface area (Å²) in [5.41, 5.74) is 1.64. The van der Waals surface area contributed by atoms with Gasteiger partial charge in [0.25, 0.3) is 0 Å². The van der Waals surface area contributed by atoms with Gasteiger partial charge >= 0.3 is 5.97 Å². The van der Waals surface area contributed by atoms with Crippen molar-refractivity contribution < 1.29 is 14.3 Å². The zero-order valence-electron chi connectivity index (χ0n) is 16.8. The number of aromatic nitrogens is 2. The van der Waals surface area contributed by atoms with Crippen molar-refractivity contribution >= 4 is 11.8 Å². The molecule has 4 aliphatic heterocycles. The number of ether oxygens (including phenoxy) is 2. The van der Waals surface area contributed by atoms with Gasteiger partial charge in [0.05, 0.1) is 14.2 Å². The molecule has 0 saturated carbocycles. The molecule has 2 aromatic rings. The number of hydrogen-bond acceptors (Lipinski definition) is 7. The molecular formula is C22H26N4O3. The zero-order valence-corrected chi connectivity index (χ0v) is 16.8. The average Bonchev–Trinajstić information content (AvgIpc) is 3.22. The van der Waals surface area contributed by atoms with E-state index in [1.54, 1.807) is 13.2 Å². The third-order valence-electron chi connectivity index (χ3n) is 6.88. The van der Waals surface area contributed by atoms with Crippen LogP contribution in [0.15, 0.2) is 36.7 Å². The van der Waals surface area contributed by atoms with E-state index in [0.29, 0.717) is 29.6 Å². The summed E-state index contributed by atoms with van der Waals surface area (Å²) in [4.78, 5) is 25.7. The van der Waals surface area contributed by atoms with Gasteiger partial charge in [-0.2, -0.15) is 0 Å². The van der Waals surface area contributed by atoms with Crippen molar-refractivity contribution in [2.24, 2.45) is 5.92 Å². The van der Waals surface area contributed by atoms with Gasteiger partial charge in [-0.3, -0.25) is 4.90 Å². The van der Waals surface area contributed by atoms with Crippen LogP contribution < -0.4 is 9.64 Å². The summed E-state index contributed by atoms with van der Waals surface area (Å²) in [5, 5.41) is 0. The first kappa shape index (κ1) is 18.4. The van der Waals surface area contributed by atoms with E-state index in [9.17, 15) is 4.79 Å². The molecule has 4 fully saturated rings. The normalized spacial score (nSPS) is 30.1. The van der Waals surface area contributed by atoms with Crippen molar-refractivity contribution in [2.45, 2.75) is 30.8 Å². The fraction of sp³-hybridized carbons (Fsp3) is 0.500. The number of carbonyl (C=O) groups excluding carboxylic acids is 1. The molecule has 0 N–H and O–H groups in total. The second-order valence-corrected chi connectivity index (χ2v) is 8.14. The van der Waals surface area contributed by atoms with Crippen LogP contribution in [0.3, 0.4) is 0 Å². The van der Waals surface area contributed by atoms with Gasteiger partial charge in [-0.25, -0.2) is 14.8 Å². The van der Waals surface area contributed by atoms with Gasteiger partial charge in [-0.05, 0) is 49.5 Å². The van der Waals surface area contributed by atoms with Crippen molar-refractivity contribution in [3.63, 3.8) is 0 Å². The number of methoxy groups -OCH3 is 2. The molecule has 152 valence electrons. The Labute approximate surface area is 170 Å². The van der Waals surface area contributed by atoms with E-state index in [4.69, 9.17) is 9.47 Å². The minimum atomic E-state index is -0.426. The molecule has 0 spiro atoms. The van der Waals surface area contributed by atoms with E-state index in [1.807, 2.05) is 12.1 Å². The highest BCUT2D eigenvalue weighted by atomic mass is 16.5. The largest absolute Gasteiger partial charge is 0.497 e. The Morgan fingerprint density at radius 1 is 1.07 bits per heavy atom. The highest BCUT2D eigenvalue weighted by Gasteiger charge is 2.53. The summed E-state index contributed by atoms with van der Waals surface area (Å²) in [5.74, 6) is 2.32. The van der Waals surface area contributed by atoms with Crippen molar-refractivity contribution in [3.8, 4) is 5.75 Å². The second kappa shape index (κ2) is 7.30. The number of fused-ring (bicyclic) bond motifs is 2. The number of carbonyl (C=O) groups is 1. The summed E-state index contributed by atoms with van der Waals surface area (Å²) < 4.78 is 10.2. The monoisotopic (exact) mass is 394 g/mol. The van der Waals surface area contributed by atoms with Gasteiger partial charge in [0.2, 0.25) is 0 Å². The van der Waals surface area contributed by atoms with Crippen LogP contribution >= 0.6 is 0 Å². The summed E-state index contributed by atoms with van der Waals surface area (Å²) >= 11 is 0. The van der Waals surface area contributed by atoms with Crippen LogP contribution in [0.25, 0.3) is 0 Å². The van der Waals surface area contributed by atoms with E-state index in [1.165, 1.54) is 44.9 Å². The van der Waals surface area contributed by atoms with E-state index >= 15 is 0 Å². The molecule has 3 unspecified atom stereocenters. The van der Waals surface area contributed by atoms with E-state index < -0.39 is 5.97 Å². The zero-order chi connectivity index (χ0) is 20.0. The molecule has 1 aromatic heterocycles. The number of esters is 1. The van der Waals surface area contributed by atoms with Crippen molar-refractivity contribution in [1.29, 1.82) is 0 Å². The number of benzene rings is 1. The minimum absolute atomic E-state index is 0.309. The molecule has 7 nitrogen and oxygen atoms in total. The molecule has 4 aliphatic rings. The third kappa shape index (κ3) is 3.04. The molecule has 1 aromatic carbocycles. The smallest absolute Gasteiger partial charge is 0.356 e. The lowest BCUT2D eigenvalue weighted by molar-refractivity contribution is 0.0354. The number of anilines is 1. The molecular weight excluding hydrogens is 368 g/mol. The van der Waals surface area contributed by atoms with Gasteiger partial charge in [-0.1, -0.05) is 12.1 Å². The van der Waals surface area contributed by atoms with E-state index in [0.717, 1.165) is 18.1 Å². The Bertz CT molecular complexity index is 895. The summed E-state index contributed by atoms with van der Waals surface area (Å²) in [6.45, 7) is 3.22. The van der Waals surface area contributed by atoms with Gasteiger partial charge in [0.1, 0.15) is 17.9 Å². The lowest BCUT2D eigenvalue weighted by Gasteiger charge is -2.51.